The second kappa shape index (κ2) is 8.65. The molecule has 176 valence electrons. The predicted molar refractivity (Wildman–Crippen MR) is 133 cm³/mol. The summed E-state index contributed by atoms with van der Waals surface area (Å²) in [5.74, 6) is 0.0313. The number of amides is 1. The third-order valence-electron chi connectivity index (χ3n) is 7.17. The number of nitrogens with zero attached hydrogens (tertiary/aromatic N) is 6. The van der Waals surface area contributed by atoms with Gasteiger partial charge in [0.15, 0.2) is 5.58 Å². The molecule has 2 saturated heterocycles. The van der Waals surface area contributed by atoms with E-state index in [0.29, 0.717) is 41.8 Å². The lowest BCUT2D eigenvalue weighted by atomic mass is 9.93. The Morgan fingerprint density at radius 3 is 2.56 bits per heavy atom. The predicted octanol–water partition coefficient (Wildman–Crippen LogP) is 3.09. The minimum Gasteiger partial charge on any atom is -0.421 e. The van der Waals surface area contributed by atoms with Crippen LogP contribution in [-0.4, -0.2) is 80.6 Å². The van der Waals surface area contributed by atoms with Crippen molar-refractivity contribution < 1.29 is 9.21 Å². The van der Waals surface area contributed by atoms with E-state index in [2.05, 4.69) is 42.1 Å². The first-order valence-electron chi connectivity index (χ1n) is 11.7. The van der Waals surface area contributed by atoms with E-state index in [4.69, 9.17) is 9.40 Å². The Balaban J connectivity index is 1.73. The van der Waals surface area contributed by atoms with E-state index in [1.807, 2.05) is 37.1 Å². The molecule has 2 aromatic carbocycles. The molecule has 3 heterocycles. The molecule has 0 radical (unpaired) electrons. The lowest BCUT2D eigenvalue weighted by Crippen LogP contribution is -2.48. The highest BCUT2D eigenvalue weighted by Crippen LogP contribution is 2.45. The SMILES string of the molecule is Cc1c(-c2ccccc2)c(N2CCC(N(C)C)C2)c2oc(N3CCN(C)C(=O)C3)nc2c1C#N. The Kier molecular flexibility index (Phi) is 5.66. The molecule has 8 heteroatoms. The van der Waals surface area contributed by atoms with Gasteiger partial charge in [0.05, 0.1) is 11.3 Å². The van der Waals surface area contributed by atoms with Crippen LogP contribution in [0.5, 0.6) is 0 Å². The van der Waals surface area contributed by atoms with Crippen molar-refractivity contribution >= 4 is 28.7 Å². The molecule has 3 aromatic rings. The number of oxazole rings is 1. The van der Waals surface area contributed by atoms with Crippen LogP contribution >= 0.6 is 0 Å². The number of nitriles is 1. The molecule has 0 N–H and O–H groups in total. The molecular formula is C26H30N6O2. The number of likely N-dealkylation sites (N-methyl/N-ethyl adjacent to an activating group) is 2. The van der Waals surface area contributed by atoms with Crippen LogP contribution in [0.4, 0.5) is 11.7 Å². The van der Waals surface area contributed by atoms with Crippen molar-refractivity contribution in [2.45, 2.75) is 19.4 Å². The van der Waals surface area contributed by atoms with Crippen molar-refractivity contribution in [3.8, 4) is 17.2 Å². The largest absolute Gasteiger partial charge is 0.421 e. The molecule has 0 spiro atoms. The van der Waals surface area contributed by atoms with Gasteiger partial charge in [-0.3, -0.25) is 4.79 Å². The third kappa shape index (κ3) is 3.66. The number of hydrogen-bond acceptors (Lipinski definition) is 7. The summed E-state index contributed by atoms with van der Waals surface area (Å²) < 4.78 is 6.43. The Hall–Kier alpha value is -3.57. The van der Waals surface area contributed by atoms with Crippen LogP contribution in [0, 0.1) is 18.3 Å². The van der Waals surface area contributed by atoms with Gasteiger partial charge in [-0.1, -0.05) is 30.3 Å². The number of piperazine rings is 1. The molecule has 1 aromatic heterocycles. The first-order valence-corrected chi connectivity index (χ1v) is 11.7. The Morgan fingerprint density at radius 1 is 1.15 bits per heavy atom. The van der Waals surface area contributed by atoms with Crippen molar-refractivity contribution in [2.75, 3.05) is 63.7 Å². The van der Waals surface area contributed by atoms with E-state index in [0.717, 1.165) is 41.9 Å². The summed E-state index contributed by atoms with van der Waals surface area (Å²) in [6, 6.07) is 13.4. The highest BCUT2D eigenvalue weighted by molar-refractivity contribution is 6.03. The first-order chi connectivity index (χ1) is 16.4. The van der Waals surface area contributed by atoms with Gasteiger partial charge in [-0.05, 0) is 38.6 Å². The minimum atomic E-state index is 0.0313. The van der Waals surface area contributed by atoms with Gasteiger partial charge in [0.1, 0.15) is 18.1 Å². The number of benzene rings is 2. The van der Waals surface area contributed by atoms with Crippen molar-refractivity contribution in [2.24, 2.45) is 0 Å². The molecular weight excluding hydrogens is 428 g/mol. The maximum absolute atomic E-state index is 12.3. The molecule has 2 aliphatic heterocycles. The van der Waals surface area contributed by atoms with E-state index in [1.165, 1.54) is 0 Å². The van der Waals surface area contributed by atoms with E-state index < -0.39 is 0 Å². The van der Waals surface area contributed by atoms with Gasteiger partial charge in [-0.2, -0.15) is 10.2 Å². The van der Waals surface area contributed by atoms with Crippen molar-refractivity contribution in [1.29, 1.82) is 5.26 Å². The number of aromatic nitrogens is 1. The number of carbonyl (C=O) groups excluding carboxylic acids is 1. The lowest BCUT2D eigenvalue weighted by molar-refractivity contribution is -0.129. The number of carbonyl (C=O) groups is 1. The fraction of sp³-hybridized carbons (Fsp3) is 0.423. The average Bonchev–Trinajstić information content (AvgIpc) is 3.49. The highest BCUT2D eigenvalue weighted by atomic mass is 16.4. The van der Waals surface area contributed by atoms with Gasteiger partial charge < -0.3 is 24.0 Å². The molecule has 0 aliphatic carbocycles. The smallest absolute Gasteiger partial charge is 0.299 e. The molecule has 1 atom stereocenters. The summed E-state index contributed by atoms with van der Waals surface area (Å²) in [7, 11) is 6.04. The van der Waals surface area contributed by atoms with Gasteiger partial charge in [-0.25, -0.2) is 0 Å². The van der Waals surface area contributed by atoms with Crippen LogP contribution in [0.2, 0.25) is 0 Å². The van der Waals surface area contributed by atoms with Crippen molar-refractivity contribution in [3.63, 3.8) is 0 Å². The zero-order valence-electron chi connectivity index (χ0n) is 20.2. The van der Waals surface area contributed by atoms with E-state index in [9.17, 15) is 10.1 Å². The highest BCUT2D eigenvalue weighted by Gasteiger charge is 2.33. The fourth-order valence-corrected chi connectivity index (χ4v) is 5.05. The molecule has 0 bridgehead atoms. The number of hydrogen-bond donors (Lipinski definition) is 0. The van der Waals surface area contributed by atoms with Crippen LogP contribution in [0.3, 0.4) is 0 Å². The van der Waals surface area contributed by atoms with Gasteiger partial charge in [-0.15, -0.1) is 0 Å². The second-order valence-electron chi connectivity index (χ2n) is 9.46. The lowest BCUT2D eigenvalue weighted by Gasteiger charge is -2.30. The number of rotatable bonds is 4. The summed E-state index contributed by atoms with van der Waals surface area (Å²) in [4.78, 5) is 25.3. The number of fused-ring (bicyclic) bond motifs is 1. The summed E-state index contributed by atoms with van der Waals surface area (Å²) >= 11 is 0. The van der Waals surface area contributed by atoms with Crippen LogP contribution < -0.4 is 9.80 Å². The number of anilines is 2. The maximum atomic E-state index is 12.3. The summed E-state index contributed by atoms with van der Waals surface area (Å²) in [5, 5.41) is 10.1. The Bertz CT molecular complexity index is 1280. The topological polar surface area (TPSA) is 79.8 Å². The van der Waals surface area contributed by atoms with E-state index in [-0.39, 0.29) is 12.5 Å². The maximum Gasteiger partial charge on any atom is 0.299 e. The summed E-state index contributed by atoms with van der Waals surface area (Å²) in [6.45, 7) is 5.24. The molecule has 34 heavy (non-hydrogen) atoms. The quantitative estimate of drug-likeness (QED) is 0.594. The molecule has 2 fully saturated rings. The van der Waals surface area contributed by atoms with E-state index >= 15 is 0 Å². The van der Waals surface area contributed by atoms with Crippen LogP contribution in [0.1, 0.15) is 17.5 Å². The molecule has 1 amide bonds. The molecule has 1 unspecified atom stereocenters. The second-order valence-corrected chi connectivity index (χ2v) is 9.46. The van der Waals surface area contributed by atoms with Crippen LogP contribution in [0.15, 0.2) is 34.7 Å². The standard InChI is InChI=1S/C26H30N6O2/c1-17-20(14-27)23-25(34-26(28-23)32-13-12-30(4)21(33)16-32)24(22(17)18-8-6-5-7-9-18)31-11-10-19(15-31)29(2)3/h5-9,19H,10-13,15-16H2,1-4H3. The fourth-order valence-electron chi connectivity index (χ4n) is 5.05. The third-order valence-corrected chi connectivity index (χ3v) is 7.17. The summed E-state index contributed by atoms with van der Waals surface area (Å²) in [5.41, 5.74) is 5.68. The van der Waals surface area contributed by atoms with Gasteiger partial charge in [0, 0.05) is 44.8 Å². The Morgan fingerprint density at radius 2 is 1.91 bits per heavy atom. The van der Waals surface area contributed by atoms with Gasteiger partial charge in [0.25, 0.3) is 6.01 Å². The molecule has 8 nitrogen and oxygen atoms in total. The first kappa shape index (κ1) is 22.2. The van der Waals surface area contributed by atoms with Crippen molar-refractivity contribution in [3.05, 3.63) is 41.5 Å². The molecule has 2 aliphatic rings. The zero-order chi connectivity index (χ0) is 24.0. The average molecular weight is 459 g/mol. The van der Waals surface area contributed by atoms with E-state index in [1.54, 1.807) is 4.90 Å². The minimum absolute atomic E-state index is 0.0313. The van der Waals surface area contributed by atoms with Crippen LogP contribution in [0.25, 0.3) is 22.2 Å². The van der Waals surface area contributed by atoms with Crippen LogP contribution in [-0.2, 0) is 4.79 Å². The Labute approximate surface area is 200 Å². The zero-order valence-corrected chi connectivity index (χ0v) is 20.2. The van der Waals surface area contributed by atoms with Gasteiger partial charge in [0.2, 0.25) is 5.91 Å². The normalized spacial score (nSPS) is 18.9. The summed E-state index contributed by atoms with van der Waals surface area (Å²) in [6.07, 6.45) is 1.05. The molecule has 5 rings (SSSR count). The monoisotopic (exact) mass is 458 g/mol. The molecule has 0 saturated carbocycles. The van der Waals surface area contributed by atoms with Crippen molar-refractivity contribution in [1.82, 2.24) is 14.8 Å². The van der Waals surface area contributed by atoms with Gasteiger partial charge >= 0.3 is 0 Å².